The van der Waals surface area contributed by atoms with Gasteiger partial charge in [-0.15, -0.1) is 11.3 Å². The van der Waals surface area contributed by atoms with E-state index in [1.54, 1.807) is 34.6 Å². The van der Waals surface area contributed by atoms with Crippen LogP contribution < -0.4 is 10.9 Å². The van der Waals surface area contributed by atoms with Crippen LogP contribution in [0.5, 0.6) is 0 Å². The molecule has 1 atom stereocenters. The first-order valence-electron chi connectivity index (χ1n) is 8.68. The van der Waals surface area contributed by atoms with E-state index >= 15 is 0 Å². The number of thiophene rings is 1. The van der Waals surface area contributed by atoms with Crippen LogP contribution in [-0.2, 0) is 13.0 Å². The fraction of sp³-hybridized carbons (Fsp3) is 0.278. The molecule has 0 radical (unpaired) electrons. The molecule has 0 saturated carbocycles. The van der Waals surface area contributed by atoms with Crippen molar-refractivity contribution in [1.29, 1.82) is 0 Å². The average Bonchev–Trinajstić information content (AvgIpc) is 3.34. The number of pyridine rings is 1. The van der Waals surface area contributed by atoms with Gasteiger partial charge < -0.3 is 9.84 Å². The van der Waals surface area contributed by atoms with Crippen molar-refractivity contribution < 1.29 is 4.52 Å². The lowest BCUT2D eigenvalue weighted by Crippen LogP contribution is -2.27. The third-order valence-corrected chi connectivity index (χ3v) is 5.95. The van der Waals surface area contributed by atoms with Gasteiger partial charge in [-0.1, -0.05) is 5.16 Å². The van der Waals surface area contributed by atoms with Gasteiger partial charge >= 0.3 is 0 Å². The van der Waals surface area contributed by atoms with Crippen LogP contribution in [0.1, 0.15) is 29.3 Å². The molecule has 0 fully saturated rings. The summed E-state index contributed by atoms with van der Waals surface area (Å²) in [5, 5.41) is 8.09. The van der Waals surface area contributed by atoms with Crippen molar-refractivity contribution in [2.24, 2.45) is 0 Å². The molecule has 27 heavy (non-hydrogen) atoms. The van der Waals surface area contributed by atoms with Gasteiger partial charge in [0, 0.05) is 29.4 Å². The summed E-state index contributed by atoms with van der Waals surface area (Å²) in [6, 6.07) is 3.21. The quantitative estimate of drug-likeness (QED) is 0.581. The van der Waals surface area contributed by atoms with Crippen molar-refractivity contribution in [1.82, 2.24) is 30.0 Å². The number of hydrogen-bond donors (Lipinski definition) is 1. The van der Waals surface area contributed by atoms with Crippen molar-refractivity contribution in [2.75, 3.05) is 6.54 Å². The third-order valence-electron chi connectivity index (χ3n) is 4.81. The van der Waals surface area contributed by atoms with E-state index in [9.17, 15) is 4.79 Å². The normalized spacial score (nSPS) is 15.0. The Morgan fingerprint density at radius 3 is 3.04 bits per heavy atom. The molecule has 4 aromatic heterocycles. The minimum Gasteiger partial charge on any atom is -0.337 e. The lowest BCUT2D eigenvalue weighted by molar-refractivity contribution is 0.342. The SMILES string of the molecule is CC(c1nc(-c2ccncc2)no1)n1cnc2sc3c(c2c1=O)CCNC3. The summed E-state index contributed by atoms with van der Waals surface area (Å²) >= 11 is 1.59. The standard InChI is InChI=1S/C18H16N6O2S/c1-10(16-22-15(23-26-16)11-2-5-19-6-3-11)24-9-21-17-14(18(24)25)12-4-7-20-8-13(12)27-17/h2-3,5-6,9-10,20H,4,7-8H2,1H3. The second-order valence-electron chi connectivity index (χ2n) is 6.44. The summed E-state index contributed by atoms with van der Waals surface area (Å²) in [7, 11) is 0. The highest BCUT2D eigenvalue weighted by Gasteiger charge is 2.23. The van der Waals surface area contributed by atoms with Gasteiger partial charge in [0.2, 0.25) is 11.7 Å². The number of nitrogens with zero attached hydrogens (tertiary/aromatic N) is 5. The molecule has 0 saturated heterocycles. The molecule has 5 heterocycles. The third kappa shape index (κ3) is 2.66. The van der Waals surface area contributed by atoms with E-state index in [1.165, 1.54) is 4.88 Å². The monoisotopic (exact) mass is 380 g/mol. The number of hydrogen-bond acceptors (Lipinski definition) is 8. The molecule has 0 spiro atoms. The second kappa shape index (κ2) is 6.36. The lowest BCUT2D eigenvalue weighted by atomic mass is 10.1. The second-order valence-corrected chi connectivity index (χ2v) is 7.52. The highest BCUT2D eigenvalue weighted by molar-refractivity contribution is 7.18. The first-order chi connectivity index (χ1) is 13.2. The summed E-state index contributed by atoms with van der Waals surface area (Å²) < 4.78 is 6.99. The Balaban J connectivity index is 1.57. The average molecular weight is 380 g/mol. The van der Waals surface area contributed by atoms with E-state index in [2.05, 4.69) is 25.4 Å². The molecular formula is C18H16N6O2S. The van der Waals surface area contributed by atoms with E-state index in [-0.39, 0.29) is 5.56 Å². The Labute approximate surface area is 157 Å². The van der Waals surface area contributed by atoms with E-state index in [4.69, 9.17) is 4.52 Å². The zero-order valence-electron chi connectivity index (χ0n) is 14.5. The van der Waals surface area contributed by atoms with Gasteiger partial charge in [-0.2, -0.15) is 4.98 Å². The van der Waals surface area contributed by atoms with E-state index in [0.717, 1.165) is 40.9 Å². The predicted molar refractivity (Wildman–Crippen MR) is 101 cm³/mol. The molecule has 1 aliphatic heterocycles. The maximum absolute atomic E-state index is 13.2. The van der Waals surface area contributed by atoms with Gasteiger partial charge in [0.15, 0.2) is 0 Å². The van der Waals surface area contributed by atoms with Crippen LogP contribution in [0.25, 0.3) is 21.6 Å². The van der Waals surface area contributed by atoms with Crippen molar-refractivity contribution in [3.8, 4) is 11.4 Å². The minimum absolute atomic E-state index is 0.0597. The Morgan fingerprint density at radius 1 is 1.33 bits per heavy atom. The van der Waals surface area contributed by atoms with Crippen molar-refractivity contribution in [3.63, 3.8) is 0 Å². The van der Waals surface area contributed by atoms with Crippen LogP contribution >= 0.6 is 11.3 Å². The van der Waals surface area contributed by atoms with Crippen LogP contribution in [0.4, 0.5) is 0 Å². The minimum atomic E-state index is -0.408. The summed E-state index contributed by atoms with van der Waals surface area (Å²) in [5.74, 6) is 0.844. The van der Waals surface area contributed by atoms with Crippen LogP contribution in [0.2, 0.25) is 0 Å². The molecule has 5 rings (SSSR count). The summed E-state index contributed by atoms with van der Waals surface area (Å²) in [6.07, 6.45) is 5.76. The molecule has 0 aliphatic carbocycles. The van der Waals surface area contributed by atoms with Gasteiger partial charge in [-0.3, -0.25) is 14.3 Å². The van der Waals surface area contributed by atoms with Crippen molar-refractivity contribution in [2.45, 2.75) is 25.9 Å². The van der Waals surface area contributed by atoms with Crippen molar-refractivity contribution >= 4 is 21.6 Å². The molecule has 1 N–H and O–H groups in total. The van der Waals surface area contributed by atoms with Gasteiger partial charge in [0.1, 0.15) is 10.9 Å². The topological polar surface area (TPSA) is 98.7 Å². The Morgan fingerprint density at radius 2 is 2.19 bits per heavy atom. The van der Waals surface area contributed by atoms with E-state index < -0.39 is 6.04 Å². The first kappa shape index (κ1) is 16.3. The highest BCUT2D eigenvalue weighted by Crippen LogP contribution is 2.30. The first-order valence-corrected chi connectivity index (χ1v) is 9.50. The number of rotatable bonds is 3. The smallest absolute Gasteiger partial charge is 0.263 e. The zero-order valence-corrected chi connectivity index (χ0v) is 15.4. The fourth-order valence-corrected chi connectivity index (χ4v) is 4.49. The number of fused-ring (bicyclic) bond motifs is 3. The number of nitrogens with one attached hydrogen (secondary N) is 1. The maximum Gasteiger partial charge on any atom is 0.263 e. The molecule has 136 valence electrons. The van der Waals surface area contributed by atoms with Crippen LogP contribution in [0.15, 0.2) is 40.2 Å². The van der Waals surface area contributed by atoms with E-state index in [0.29, 0.717) is 11.7 Å². The molecule has 9 heteroatoms. The van der Waals surface area contributed by atoms with E-state index in [1.807, 2.05) is 19.1 Å². The van der Waals surface area contributed by atoms with Crippen molar-refractivity contribution in [3.05, 3.63) is 57.5 Å². The maximum atomic E-state index is 13.2. The Bertz CT molecular complexity index is 1180. The largest absolute Gasteiger partial charge is 0.337 e. The number of aromatic nitrogens is 5. The molecule has 0 amide bonds. The van der Waals surface area contributed by atoms with Crippen LogP contribution in [0.3, 0.4) is 0 Å². The summed E-state index contributed by atoms with van der Waals surface area (Å²) in [4.78, 5) is 28.1. The molecule has 0 aromatic carbocycles. The van der Waals surface area contributed by atoms with Gasteiger partial charge in [0.25, 0.3) is 5.56 Å². The molecule has 1 unspecified atom stereocenters. The lowest BCUT2D eigenvalue weighted by Gasteiger charge is -2.13. The van der Waals surface area contributed by atoms with Crippen LogP contribution in [-0.4, -0.2) is 31.2 Å². The van der Waals surface area contributed by atoms with Gasteiger partial charge in [-0.05, 0) is 37.6 Å². The van der Waals surface area contributed by atoms with Gasteiger partial charge in [-0.25, -0.2) is 4.98 Å². The zero-order chi connectivity index (χ0) is 18.4. The highest BCUT2D eigenvalue weighted by atomic mass is 32.1. The molecule has 1 aliphatic rings. The Hall–Kier alpha value is -2.91. The predicted octanol–water partition coefficient (Wildman–Crippen LogP) is 2.16. The molecule has 0 bridgehead atoms. The van der Waals surface area contributed by atoms with Crippen LogP contribution in [0, 0.1) is 0 Å². The molecule has 4 aromatic rings. The Kier molecular flexibility index (Phi) is 3.83. The van der Waals surface area contributed by atoms with Gasteiger partial charge in [0.05, 0.1) is 11.7 Å². The fourth-order valence-electron chi connectivity index (χ4n) is 3.35. The summed E-state index contributed by atoms with van der Waals surface area (Å²) in [6.45, 7) is 3.53. The summed E-state index contributed by atoms with van der Waals surface area (Å²) in [5.41, 5.74) is 1.87. The molecule has 8 nitrogen and oxygen atoms in total. The molecular weight excluding hydrogens is 364 g/mol.